The average molecular weight is 296 g/mol. The molecule has 0 bridgehead atoms. The maximum Gasteiger partial charge on any atom is 0.318 e. The zero-order valence-corrected chi connectivity index (χ0v) is 12.2. The van der Waals surface area contributed by atoms with Crippen molar-refractivity contribution in [1.82, 2.24) is 9.97 Å². The van der Waals surface area contributed by atoms with Crippen LogP contribution in [0.25, 0.3) is 0 Å². The van der Waals surface area contributed by atoms with Gasteiger partial charge in [0.05, 0.1) is 26.0 Å². The molecule has 2 fully saturated rings. The molecule has 2 heterocycles. The Kier molecular flexibility index (Phi) is 3.43. The summed E-state index contributed by atoms with van der Waals surface area (Å²) in [6, 6.07) is 1.76. The standard InChI is InChI=1S/C13H16N2O4S/c1-17-10(16)12(7-13(8-12)18-5-6-19-13)9-3-4-14-11(15-9)20-2/h3-4H,5-8H2,1-2H3. The Morgan fingerprint density at radius 1 is 1.40 bits per heavy atom. The van der Waals surface area contributed by atoms with Crippen molar-refractivity contribution in [3.8, 4) is 0 Å². The van der Waals surface area contributed by atoms with Crippen LogP contribution < -0.4 is 0 Å². The van der Waals surface area contributed by atoms with Gasteiger partial charge >= 0.3 is 5.97 Å². The van der Waals surface area contributed by atoms with Crippen LogP contribution in [0.2, 0.25) is 0 Å². The van der Waals surface area contributed by atoms with Crippen LogP contribution in [-0.2, 0) is 24.4 Å². The summed E-state index contributed by atoms with van der Waals surface area (Å²) in [7, 11) is 1.39. The number of thioether (sulfide) groups is 1. The highest BCUT2D eigenvalue weighted by atomic mass is 32.2. The van der Waals surface area contributed by atoms with E-state index in [1.165, 1.54) is 18.9 Å². The molecule has 7 heteroatoms. The van der Waals surface area contributed by atoms with Crippen molar-refractivity contribution in [2.45, 2.75) is 29.2 Å². The Hall–Kier alpha value is -1.18. The lowest BCUT2D eigenvalue weighted by Gasteiger charge is -2.49. The number of carbonyl (C=O) groups excluding carboxylic acids is 1. The molecular formula is C13H16N2O4S. The van der Waals surface area contributed by atoms with Gasteiger partial charge in [0.1, 0.15) is 5.41 Å². The number of ether oxygens (including phenoxy) is 3. The van der Waals surface area contributed by atoms with Gasteiger partial charge in [-0.15, -0.1) is 0 Å². The van der Waals surface area contributed by atoms with Crippen LogP contribution >= 0.6 is 11.8 Å². The third kappa shape index (κ3) is 2.01. The van der Waals surface area contributed by atoms with Crippen LogP contribution in [-0.4, -0.2) is 48.3 Å². The molecule has 1 saturated heterocycles. The van der Waals surface area contributed by atoms with Crippen molar-refractivity contribution in [3.05, 3.63) is 18.0 Å². The average Bonchev–Trinajstić information content (AvgIpc) is 2.93. The Labute approximate surface area is 121 Å². The zero-order chi connectivity index (χ0) is 14.2. The molecule has 108 valence electrons. The lowest BCUT2D eigenvalue weighted by molar-refractivity contribution is -0.244. The quantitative estimate of drug-likeness (QED) is 0.470. The lowest BCUT2D eigenvalue weighted by Crippen LogP contribution is -2.60. The zero-order valence-electron chi connectivity index (χ0n) is 11.4. The molecule has 6 nitrogen and oxygen atoms in total. The van der Waals surface area contributed by atoms with Crippen molar-refractivity contribution in [2.75, 3.05) is 26.6 Å². The van der Waals surface area contributed by atoms with Gasteiger partial charge in [-0.2, -0.15) is 0 Å². The van der Waals surface area contributed by atoms with Crippen LogP contribution in [0.4, 0.5) is 0 Å². The van der Waals surface area contributed by atoms with Crippen molar-refractivity contribution in [3.63, 3.8) is 0 Å². The summed E-state index contributed by atoms with van der Waals surface area (Å²) in [4.78, 5) is 20.8. The number of rotatable bonds is 3. The summed E-state index contributed by atoms with van der Waals surface area (Å²) in [5, 5.41) is 0.639. The molecule has 0 atom stereocenters. The van der Waals surface area contributed by atoms with Gasteiger partial charge < -0.3 is 14.2 Å². The van der Waals surface area contributed by atoms with E-state index in [1.807, 2.05) is 6.26 Å². The maximum absolute atomic E-state index is 12.3. The Bertz CT molecular complexity index is 523. The molecule has 1 aliphatic heterocycles. The predicted molar refractivity (Wildman–Crippen MR) is 71.4 cm³/mol. The number of hydrogen-bond donors (Lipinski definition) is 0. The number of methoxy groups -OCH3 is 1. The van der Waals surface area contributed by atoms with Crippen LogP contribution in [0.1, 0.15) is 18.5 Å². The lowest BCUT2D eigenvalue weighted by atomic mass is 9.62. The van der Waals surface area contributed by atoms with Crippen LogP contribution in [0.5, 0.6) is 0 Å². The first kappa shape index (κ1) is 13.8. The molecule has 0 radical (unpaired) electrons. The Balaban J connectivity index is 1.93. The molecule has 0 unspecified atom stereocenters. The third-order valence-corrected chi connectivity index (χ3v) is 4.40. The normalized spacial score (nSPS) is 22.5. The fourth-order valence-electron chi connectivity index (χ4n) is 2.90. The van der Waals surface area contributed by atoms with Gasteiger partial charge in [0.2, 0.25) is 0 Å². The fourth-order valence-corrected chi connectivity index (χ4v) is 3.26. The second-order valence-electron chi connectivity index (χ2n) is 4.96. The van der Waals surface area contributed by atoms with Crippen molar-refractivity contribution in [1.29, 1.82) is 0 Å². The largest absolute Gasteiger partial charge is 0.468 e. The summed E-state index contributed by atoms with van der Waals surface area (Å²) in [6.45, 7) is 1.13. The second kappa shape index (κ2) is 4.98. The van der Waals surface area contributed by atoms with E-state index in [1.54, 1.807) is 12.3 Å². The molecule has 1 saturated carbocycles. The van der Waals surface area contributed by atoms with E-state index in [9.17, 15) is 4.79 Å². The van der Waals surface area contributed by atoms with Gasteiger partial charge in [-0.05, 0) is 12.3 Å². The molecule has 1 aromatic rings. The Morgan fingerprint density at radius 2 is 2.10 bits per heavy atom. The minimum atomic E-state index is -0.785. The number of esters is 1. The minimum Gasteiger partial charge on any atom is -0.468 e. The SMILES string of the molecule is COC(=O)C1(c2ccnc(SC)n2)CC2(C1)OCCO2. The maximum atomic E-state index is 12.3. The van der Waals surface area contributed by atoms with Gasteiger partial charge in [0.25, 0.3) is 0 Å². The van der Waals surface area contributed by atoms with Crippen molar-refractivity contribution < 1.29 is 19.0 Å². The minimum absolute atomic E-state index is 0.298. The fraction of sp³-hybridized carbons (Fsp3) is 0.615. The van der Waals surface area contributed by atoms with Gasteiger partial charge in [0, 0.05) is 19.0 Å². The smallest absolute Gasteiger partial charge is 0.318 e. The molecule has 0 aromatic carbocycles. The Morgan fingerprint density at radius 3 is 2.70 bits per heavy atom. The molecule has 1 spiro atoms. The highest BCUT2D eigenvalue weighted by Gasteiger charge is 2.64. The molecule has 3 rings (SSSR count). The summed E-state index contributed by atoms with van der Waals surface area (Å²) in [5.41, 5.74) is -0.111. The van der Waals surface area contributed by atoms with Gasteiger partial charge in [-0.25, -0.2) is 9.97 Å². The van der Waals surface area contributed by atoms with E-state index in [2.05, 4.69) is 9.97 Å². The third-order valence-electron chi connectivity index (χ3n) is 3.84. The van der Waals surface area contributed by atoms with Crippen LogP contribution in [0.3, 0.4) is 0 Å². The highest BCUT2D eigenvalue weighted by Crippen LogP contribution is 2.54. The first-order valence-electron chi connectivity index (χ1n) is 6.38. The first-order valence-corrected chi connectivity index (χ1v) is 7.60. The summed E-state index contributed by atoms with van der Waals surface area (Å²) < 4.78 is 16.2. The van der Waals surface area contributed by atoms with Crippen LogP contribution in [0.15, 0.2) is 17.4 Å². The summed E-state index contributed by atoms with van der Waals surface area (Å²) in [5.74, 6) is -0.938. The van der Waals surface area contributed by atoms with E-state index in [-0.39, 0.29) is 5.97 Å². The first-order chi connectivity index (χ1) is 9.64. The van der Waals surface area contributed by atoms with Gasteiger partial charge in [-0.3, -0.25) is 4.79 Å². The molecule has 1 aliphatic carbocycles. The molecule has 1 aromatic heterocycles. The van der Waals surface area contributed by atoms with E-state index < -0.39 is 11.2 Å². The van der Waals surface area contributed by atoms with E-state index in [0.29, 0.717) is 36.9 Å². The monoisotopic (exact) mass is 296 g/mol. The number of hydrogen-bond acceptors (Lipinski definition) is 7. The van der Waals surface area contributed by atoms with E-state index in [0.717, 1.165) is 0 Å². The van der Waals surface area contributed by atoms with E-state index >= 15 is 0 Å². The summed E-state index contributed by atoms with van der Waals surface area (Å²) >= 11 is 1.44. The van der Waals surface area contributed by atoms with E-state index in [4.69, 9.17) is 14.2 Å². The molecular weight excluding hydrogens is 280 g/mol. The highest BCUT2D eigenvalue weighted by molar-refractivity contribution is 7.98. The molecule has 2 aliphatic rings. The number of aromatic nitrogens is 2. The molecule has 0 amide bonds. The second-order valence-corrected chi connectivity index (χ2v) is 5.74. The van der Waals surface area contributed by atoms with Crippen LogP contribution in [0, 0.1) is 0 Å². The van der Waals surface area contributed by atoms with Gasteiger partial charge in [0.15, 0.2) is 10.9 Å². The van der Waals surface area contributed by atoms with Crippen molar-refractivity contribution >= 4 is 17.7 Å². The topological polar surface area (TPSA) is 70.5 Å². The van der Waals surface area contributed by atoms with Crippen molar-refractivity contribution in [2.24, 2.45) is 0 Å². The number of nitrogens with zero attached hydrogens (tertiary/aromatic N) is 2. The molecule has 20 heavy (non-hydrogen) atoms. The predicted octanol–water partition coefficient (Wildman–Crippen LogP) is 1.15. The summed E-state index contributed by atoms with van der Waals surface area (Å²) in [6.07, 6.45) is 4.45. The molecule has 0 N–H and O–H groups in total. The number of carbonyl (C=O) groups is 1. The van der Waals surface area contributed by atoms with Gasteiger partial charge in [-0.1, -0.05) is 11.8 Å².